The molecule has 0 saturated carbocycles. The molecule has 0 spiro atoms. The van der Waals surface area contributed by atoms with Gasteiger partial charge in [0, 0.05) is 12.6 Å². The van der Waals surface area contributed by atoms with E-state index in [0.29, 0.717) is 5.75 Å². The van der Waals surface area contributed by atoms with E-state index in [9.17, 15) is 8.42 Å². The van der Waals surface area contributed by atoms with Crippen molar-refractivity contribution in [2.45, 2.75) is 24.8 Å². The van der Waals surface area contributed by atoms with Crippen LogP contribution in [-0.4, -0.2) is 28.1 Å². The van der Waals surface area contributed by atoms with Crippen molar-refractivity contribution in [1.82, 2.24) is 4.72 Å². The van der Waals surface area contributed by atoms with Crippen LogP contribution in [0.3, 0.4) is 0 Å². The number of sulfonamides is 1. The van der Waals surface area contributed by atoms with E-state index in [0.717, 1.165) is 5.56 Å². The number of benzene rings is 1. The molecule has 0 heterocycles. The van der Waals surface area contributed by atoms with E-state index >= 15 is 0 Å². The number of methoxy groups -OCH3 is 1. The maximum atomic E-state index is 12.1. The largest absolute Gasteiger partial charge is 0.495 e. The van der Waals surface area contributed by atoms with Crippen molar-refractivity contribution in [3.63, 3.8) is 0 Å². The first-order chi connectivity index (χ1) is 7.90. The van der Waals surface area contributed by atoms with Crippen molar-refractivity contribution >= 4 is 22.4 Å². The summed E-state index contributed by atoms with van der Waals surface area (Å²) in [6.07, 6.45) is 0. The first-order valence-corrected chi connectivity index (χ1v) is 6.76. The molecule has 1 rings (SSSR count). The summed E-state index contributed by atoms with van der Waals surface area (Å²) in [6.45, 7) is 3.78. The van der Waals surface area contributed by atoms with Gasteiger partial charge in [-0.05, 0) is 31.5 Å². The molecule has 1 aromatic rings. The Kier molecular flexibility index (Phi) is 6.62. The Hall–Kier alpha value is -0.820. The summed E-state index contributed by atoms with van der Waals surface area (Å²) in [5, 5.41) is 0. The van der Waals surface area contributed by atoms with Gasteiger partial charge in [-0.2, -0.15) is 0 Å². The Morgan fingerprint density at radius 1 is 1.44 bits per heavy atom. The topological polar surface area (TPSA) is 81.4 Å². The van der Waals surface area contributed by atoms with Gasteiger partial charge in [0.15, 0.2) is 0 Å². The summed E-state index contributed by atoms with van der Waals surface area (Å²) in [4.78, 5) is 0.139. The number of nitrogens with one attached hydrogen (secondary N) is 1. The Balaban J connectivity index is 0.00000289. The van der Waals surface area contributed by atoms with Crippen LogP contribution in [0.1, 0.15) is 12.5 Å². The van der Waals surface area contributed by atoms with Crippen LogP contribution in [0.25, 0.3) is 0 Å². The number of halogens is 1. The molecule has 0 radical (unpaired) electrons. The lowest BCUT2D eigenvalue weighted by atomic mass is 10.2. The number of rotatable bonds is 5. The van der Waals surface area contributed by atoms with Crippen LogP contribution in [-0.2, 0) is 10.0 Å². The Labute approximate surface area is 114 Å². The van der Waals surface area contributed by atoms with E-state index in [-0.39, 0.29) is 29.9 Å². The van der Waals surface area contributed by atoms with Crippen LogP contribution >= 0.6 is 12.4 Å². The molecule has 0 amide bonds. The summed E-state index contributed by atoms with van der Waals surface area (Å²) >= 11 is 0. The van der Waals surface area contributed by atoms with Crippen LogP contribution in [0.2, 0.25) is 0 Å². The standard InChI is InChI=1S/C11H18N2O3S.ClH/c1-8-4-5-10(16-3)11(6-8)17(14,15)13-9(2)7-12;/h4-6,9,13H,7,12H2,1-3H3;1H/t9-;/m0./s1. The highest BCUT2D eigenvalue weighted by Crippen LogP contribution is 2.24. The van der Waals surface area contributed by atoms with Crippen LogP contribution in [0.5, 0.6) is 5.75 Å². The zero-order valence-corrected chi connectivity index (χ0v) is 12.3. The fourth-order valence-corrected chi connectivity index (χ4v) is 2.88. The third kappa shape index (κ3) is 4.13. The summed E-state index contributed by atoms with van der Waals surface area (Å²) in [5.74, 6) is 0.326. The highest BCUT2D eigenvalue weighted by Gasteiger charge is 2.21. The van der Waals surface area contributed by atoms with Crippen molar-refractivity contribution in [2.75, 3.05) is 13.7 Å². The molecule has 0 unspecified atom stereocenters. The first-order valence-electron chi connectivity index (χ1n) is 5.27. The fraction of sp³-hybridized carbons (Fsp3) is 0.455. The van der Waals surface area contributed by atoms with Gasteiger partial charge in [-0.3, -0.25) is 0 Å². The summed E-state index contributed by atoms with van der Waals surface area (Å²) < 4.78 is 31.7. The zero-order valence-electron chi connectivity index (χ0n) is 10.6. The van der Waals surface area contributed by atoms with Crippen molar-refractivity contribution in [1.29, 1.82) is 0 Å². The molecular weight excluding hydrogens is 276 g/mol. The number of nitrogens with two attached hydrogens (primary N) is 1. The Morgan fingerprint density at radius 2 is 2.06 bits per heavy atom. The lowest BCUT2D eigenvalue weighted by Gasteiger charge is -2.14. The highest BCUT2D eigenvalue weighted by molar-refractivity contribution is 7.89. The van der Waals surface area contributed by atoms with Gasteiger partial charge < -0.3 is 10.5 Å². The lowest BCUT2D eigenvalue weighted by Crippen LogP contribution is -2.37. The van der Waals surface area contributed by atoms with Crippen LogP contribution in [0, 0.1) is 6.92 Å². The van der Waals surface area contributed by atoms with Crippen molar-refractivity contribution in [3.8, 4) is 5.75 Å². The molecule has 0 aliphatic rings. The second-order valence-electron chi connectivity index (χ2n) is 3.91. The van der Waals surface area contributed by atoms with Crippen LogP contribution in [0.4, 0.5) is 0 Å². The minimum atomic E-state index is -3.59. The van der Waals surface area contributed by atoms with Gasteiger partial charge >= 0.3 is 0 Å². The van der Waals surface area contributed by atoms with E-state index in [4.69, 9.17) is 10.5 Å². The maximum absolute atomic E-state index is 12.1. The molecule has 7 heteroatoms. The number of aryl methyl sites for hydroxylation is 1. The molecule has 5 nitrogen and oxygen atoms in total. The van der Waals surface area contributed by atoms with E-state index in [2.05, 4.69) is 4.72 Å². The molecule has 0 aliphatic carbocycles. The Bertz CT molecular complexity index is 491. The lowest BCUT2D eigenvalue weighted by molar-refractivity contribution is 0.402. The fourth-order valence-electron chi connectivity index (χ4n) is 1.37. The molecule has 0 bridgehead atoms. The summed E-state index contributed by atoms with van der Waals surface area (Å²) in [6, 6.07) is 4.69. The average molecular weight is 295 g/mol. The summed E-state index contributed by atoms with van der Waals surface area (Å²) in [5.41, 5.74) is 6.25. The maximum Gasteiger partial charge on any atom is 0.244 e. The zero-order chi connectivity index (χ0) is 13.1. The van der Waals surface area contributed by atoms with Gasteiger partial charge in [-0.25, -0.2) is 13.1 Å². The second kappa shape index (κ2) is 6.94. The monoisotopic (exact) mass is 294 g/mol. The Morgan fingerprint density at radius 3 is 2.56 bits per heavy atom. The third-order valence-corrected chi connectivity index (χ3v) is 3.93. The van der Waals surface area contributed by atoms with E-state index in [1.165, 1.54) is 7.11 Å². The minimum Gasteiger partial charge on any atom is -0.495 e. The van der Waals surface area contributed by atoms with Crippen molar-refractivity contribution in [3.05, 3.63) is 23.8 Å². The molecule has 0 fully saturated rings. The smallest absolute Gasteiger partial charge is 0.244 e. The van der Waals surface area contributed by atoms with E-state index in [1.807, 2.05) is 6.92 Å². The molecule has 1 atom stereocenters. The van der Waals surface area contributed by atoms with E-state index < -0.39 is 10.0 Å². The van der Waals surface area contributed by atoms with Gasteiger partial charge in [0.1, 0.15) is 10.6 Å². The molecule has 0 aromatic heterocycles. The minimum absolute atomic E-state index is 0. The molecule has 0 aliphatic heterocycles. The molecule has 0 saturated heterocycles. The molecule has 18 heavy (non-hydrogen) atoms. The normalized spacial score (nSPS) is 12.7. The molecule has 1 aromatic carbocycles. The first kappa shape index (κ1) is 17.2. The highest BCUT2D eigenvalue weighted by atomic mass is 35.5. The van der Waals surface area contributed by atoms with Gasteiger partial charge in [-0.1, -0.05) is 6.07 Å². The van der Waals surface area contributed by atoms with Crippen molar-refractivity contribution < 1.29 is 13.2 Å². The van der Waals surface area contributed by atoms with Crippen molar-refractivity contribution in [2.24, 2.45) is 5.73 Å². The SMILES string of the molecule is COc1ccc(C)cc1S(=O)(=O)N[C@@H](C)CN.Cl. The van der Waals surface area contributed by atoms with Gasteiger partial charge in [0.05, 0.1) is 7.11 Å². The number of ether oxygens (including phenoxy) is 1. The van der Waals surface area contributed by atoms with Gasteiger partial charge in [0.25, 0.3) is 0 Å². The van der Waals surface area contributed by atoms with E-state index in [1.54, 1.807) is 25.1 Å². The van der Waals surface area contributed by atoms with Crippen LogP contribution in [0.15, 0.2) is 23.1 Å². The van der Waals surface area contributed by atoms with Gasteiger partial charge in [0.2, 0.25) is 10.0 Å². The third-order valence-electron chi connectivity index (χ3n) is 2.32. The van der Waals surface area contributed by atoms with Crippen LogP contribution < -0.4 is 15.2 Å². The predicted octanol–water partition coefficient (Wildman–Crippen LogP) is 1.05. The number of hydrogen-bond donors (Lipinski definition) is 2. The van der Waals surface area contributed by atoms with Gasteiger partial charge in [-0.15, -0.1) is 12.4 Å². The summed E-state index contributed by atoms with van der Waals surface area (Å²) in [7, 11) is -2.15. The molecule has 104 valence electrons. The average Bonchev–Trinajstić information content (AvgIpc) is 2.28. The molecular formula is C11H19ClN2O3S. The second-order valence-corrected chi connectivity index (χ2v) is 5.59. The number of hydrogen-bond acceptors (Lipinski definition) is 4. The molecule has 3 N–H and O–H groups in total. The predicted molar refractivity (Wildman–Crippen MR) is 73.8 cm³/mol. The quantitative estimate of drug-likeness (QED) is 0.850.